The Bertz CT molecular complexity index is 767. The SMILES string of the molecule is CC[C@H](N[S@@](=O)C(C)(C)C)c1cc(=O)n(C)cc1B1OC(C)(C)C(C)(C)O1. The van der Waals surface area contributed by atoms with Crippen molar-refractivity contribution in [3.63, 3.8) is 0 Å². The van der Waals surface area contributed by atoms with Gasteiger partial charge in [0, 0.05) is 30.8 Å². The number of aryl methyl sites for hydroxylation is 1. The van der Waals surface area contributed by atoms with Crippen LogP contribution in [0.25, 0.3) is 0 Å². The molecule has 0 amide bonds. The lowest BCUT2D eigenvalue weighted by Gasteiger charge is -2.32. The predicted octanol–water partition coefficient (Wildman–Crippen LogP) is 2.19. The third-order valence-electron chi connectivity index (χ3n) is 5.39. The Hall–Kier alpha value is -0.955. The van der Waals surface area contributed by atoms with Crippen LogP contribution in [-0.4, -0.2) is 31.8 Å². The van der Waals surface area contributed by atoms with Gasteiger partial charge in [-0.2, -0.15) is 0 Å². The van der Waals surface area contributed by atoms with Crippen molar-refractivity contribution in [1.29, 1.82) is 0 Å². The quantitative estimate of drug-likeness (QED) is 0.775. The van der Waals surface area contributed by atoms with E-state index < -0.39 is 34.1 Å². The summed E-state index contributed by atoms with van der Waals surface area (Å²) in [4.78, 5) is 12.3. The Kier molecular flexibility index (Phi) is 6.17. The largest absolute Gasteiger partial charge is 0.496 e. The van der Waals surface area contributed by atoms with Crippen LogP contribution in [0, 0.1) is 0 Å². The lowest BCUT2D eigenvalue weighted by molar-refractivity contribution is 0.00578. The second-order valence-corrected chi connectivity index (χ2v) is 11.2. The maximum absolute atomic E-state index is 12.7. The minimum atomic E-state index is -1.26. The predicted molar refractivity (Wildman–Crippen MR) is 111 cm³/mol. The van der Waals surface area contributed by atoms with Gasteiger partial charge in [0.1, 0.15) is 0 Å². The Balaban J connectivity index is 2.49. The molecule has 0 spiro atoms. The first kappa shape index (κ1) is 22.3. The smallest absolute Gasteiger partial charge is 0.399 e. The molecule has 1 aliphatic heterocycles. The summed E-state index contributed by atoms with van der Waals surface area (Å²) in [5, 5.41) is 0. The van der Waals surface area contributed by atoms with Gasteiger partial charge in [-0.25, -0.2) is 8.93 Å². The molecule has 2 rings (SSSR count). The van der Waals surface area contributed by atoms with Crippen molar-refractivity contribution in [3.8, 4) is 0 Å². The van der Waals surface area contributed by atoms with E-state index in [1.807, 2.05) is 55.4 Å². The van der Waals surface area contributed by atoms with Crippen molar-refractivity contribution >= 4 is 23.6 Å². The highest BCUT2D eigenvalue weighted by Gasteiger charge is 2.52. The fraction of sp³-hybridized carbons (Fsp3) is 0.737. The van der Waals surface area contributed by atoms with Crippen LogP contribution in [0.1, 0.15) is 73.4 Å². The third kappa shape index (κ3) is 4.55. The van der Waals surface area contributed by atoms with E-state index in [9.17, 15) is 9.00 Å². The average Bonchev–Trinajstić information content (AvgIpc) is 2.74. The van der Waals surface area contributed by atoms with E-state index in [1.165, 1.54) is 4.57 Å². The van der Waals surface area contributed by atoms with Crippen molar-refractivity contribution in [2.75, 3.05) is 0 Å². The average molecular weight is 396 g/mol. The number of pyridine rings is 1. The Labute approximate surface area is 165 Å². The molecule has 1 aromatic rings. The maximum Gasteiger partial charge on any atom is 0.496 e. The van der Waals surface area contributed by atoms with Gasteiger partial charge in [-0.1, -0.05) is 6.92 Å². The lowest BCUT2D eigenvalue weighted by atomic mass is 9.75. The summed E-state index contributed by atoms with van der Waals surface area (Å²) >= 11 is 0. The molecule has 1 N–H and O–H groups in total. The molecular formula is C19H33BN2O4S. The molecular weight excluding hydrogens is 363 g/mol. The number of hydrogen-bond donors (Lipinski definition) is 1. The highest BCUT2D eigenvalue weighted by Crippen LogP contribution is 2.37. The van der Waals surface area contributed by atoms with Gasteiger partial charge >= 0.3 is 7.12 Å². The van der Waals surface area contributed by atoms with Crippen LogP contribution in [0.2, 0.25) is 0 Å². The van der Waals surface area contributed by atoms with Crippen molar-refractivity contribution in [2.24, 2.45) is 7.05 Å². The van der Waals surface area contributed by atoms with Gasteiger partial charge in [0.25, 0.3) is 5.56 Å². The molecule has 0 radical (unpaired) electrons. The fourth-order valence-electron chi connectivity index (χ4n) is 2.81. The highest BCUT2D eigenvalue weighted by molar-refractivity contribution is 7.84. The zero-order chi connectivity index (χ0) is 20.8. The molecule has 6 nitrogen and oxygen atoms in total. The molecule has 0 aliphatic carbocycles. The summed E-state index contributed by atoms with van der Waals surface area (Å²) < 4.78 is 29.4. The van der Waals surface area contributed by atoms with Crippen LogP contribution in [0.15, 0.2) is 17.1 Å². The van der Waals surface area contributed by atoms with Crippen LogP contribution in [0.5, 0.6) is 0 Å². The molecule has 0 saturated carbocycles. The van der Waals surface area contributed by atoms with Gasteiger partial charge in [0.05, 0.1) is 26.9 Å². The first-order chi connectivity index (χ1) is 12.2. The van der Waals surface area contributed by atoms with Crippen LogP contribution in [0.3, 0.4) is 0 Å². The van der Waals surface area contributed by atoms with E-state index in [0.717, 1.165) is 11.0 Å². The number of aromatic nitrogens is 1. The van der Waals surface area contributed by atoms with Gasteiger partial charge < -0.3 is 13.9 Å². The van der Waals surface area contributed by atoms with E-state index in [1.54, 1.807) is 19.3 Å². The second-order valence-electron chi connectivity index (χ2n) is 9.18. The molecule has 27 heavy (non-hydrogen) atoms. The van der Waals surface area contributed by atoms with Crippen molar-refractivity contribution in [1.82, 2.24) is 9.29 Å². The number of rotatable bonds is 5. The second kappa shape index (κ2) is 7.46. The van der Waals surface area contributed by atoms with Crippen LogP contribution >= 0.6 is 0 Å². The van der Waals surface area contributed by atoms with Crippen LogP contribution < -0.4 is 15.7 Å². The Morgan fingerprint density at radius 2 is 1.74 bits per heavy atom. The van der Waals surface area contributed by atoms with Crippen molar-refractivity contribution in [3.05, 3.63) is 28.2 Å². The molecule has 1 saturated heterocycles. The summed E-state index contributed by atoms with van der Waals surface area (Å²) in [5.74, 6) is 0. The van der Waals surface area contributed by atoms with E-state index >= 15 is 0 Å². The lowest BCUT2D eigenvalue weighted by Crippen LogP contribution is -2.44. The minimum Gasteiger partial charge on any atom is -0.399 e. The number of nitrogens with zero attached hydrogens (tertiary/aromatic N) is 1. The third-order valence-corrected chi connectivity index (χ3v) is 7.00. The summed E-state index contributed by atoms with van der Waals surface area (Å²) in [6.45, 7) is 15.8. The first-order valence-electron chi connectivity index (χ1n) is 9.44. The summed E-state index contributed by atoms with van der Waals surface area (Å²) in [7, 11) is -0.137. The van der Waals surface area contributed by atoms with Gasteiger partial charge in [-0.05, 0) is 60.5 Å². The molecule has 0 aromatic carbocycles. The summed E-state index contributed by atoms with van der Waals surface area (Å²) in [6, 6.07) is 1.36. The van der Waals surface area contributed by atoms with E-state index in [2.05, 4.69) is 4.72 Å². The van der Waals surface area contributed by atoms with Gasteiger partial charge in [-0.3, -0.25) is 4.79 Å². The molecule has 2 heterocycles. The fourth-order valence-corrected chi connectivity index (χ4v) is 3.71. The summed E-state index contributed by atoms with van der Waals surface area (Å²) in [5.41, 5.74) is 0.491. The Morgan fingerprint density at radius 3 is 2.19 bits per heavy atom. The zero-order valence-corrected chi connectivity index (χ0v) is 18.8. The van der Waals surface area contributed by atoms with Gasteiger partial charge in [0.15, 0.2) is 0 Å². The van der Waals surface area contributed by atoms with Crippen molar-refractivity contribution < 1.29 is 13.5 Å². The number of nitrogens with one attached hydrogen (secondary N) is 1. The molecule has 1 fully saturated rings. The van der Waals surface area contributed by atoms with Gasteiger partial charge in [-0.15, -0.1) is 0 Å². The van der Waals surface area contributed by atoms with Crippen LogP contribution in [-0.2, 0) is 27.3 Å². The Morgan fingerprint density at radius 1 is 1.22 bits per heavy atom. The maximum atomic E-state index is 12.7. The monoisotopic (exact) mass is 396 g/mol. The highest BCUT2D eigenvalue weighted by atomic mass is 32.2. The molecule has 1 aromatic heterocycles. The molecule has 1 aliphatic rings. The molecule has 8 heteroatoms. The zero-order valence-electron chi connectivity index (χ0n) is 18.0. The topological polar surface area (TPSA) is 69.6 Å². The van der Waals surface area contributed by atoms with E-state index in [0.29, 0.717) is 6.42 Å². The molecule has 152 valence electrons. The van der Waals surface area contributed by atoms with Crippen LogP contribution in [0.4, 0.5) is 0 Å². The van der Waals surface area contributed by atoms with Crippen molar-refractivity contribution in [2.45, 2.75) is 83.8 Å². The van der Waals surface area contributed by atoms with E-state index in [4.69, 9.17) is 9.31 Å². The standard InChI is InChI=1S/C19H33BN2O4S/c1-10-15(21-27(24)17(2,3)4)13-11-16(23)22(9)12-14(13)20-25-18(5,6)19(7,8)26-20/h11-12,15,21H,10H2,1-9H3/t15-,27-/m0/s1. The van der Waals surface area contributed by atoms with Gasteiger partial charge in [0.2, 0.25) is 0 Å². The molecule has 0 unspecified atom stereocenters. The molecule has 0 bridgehead atoms. The normalized spacial score (nSPS) is 21.3. The van der Waals surface area contributed by atoms with E-state index in [-0.39, 0.29) is 11.6 Å². The minimum absolute atomic E-state index is 0.118. The molecule has 2 atom stereocenters. The number of hydrogen-bond acceptors (Lipinski definition) is 4. The summed E-state index contributed by atoms with van der Waals surface area (Å²) in [6.07, 6.45) is 2.45. The first-order valence-corrected chi connectivity index (χ1v) is 10.6.